The van der Waals surface area contributed by atoms with Crippen LogP contribution in [0.4, 0.5) is 14.5 Å². The molecule has 0 saturated heterocycles. The van der Waals surface area contributed by atoms with Gasteiger partial charge in [-0.3, -0.25) is 9.59 Å². The van der Waals surface area contributed by atoms with Gasteiger partial charge in [0.2, 0.25) is 11.9 Å². The first-order chi connectivity index (χ1) is 15.8. The number of pyridine rings is 1. The lowest BCUT2D eigenvalue weighted by molar-refractivity contribution is -0.118. The van der Waals surface area contributed by atoms with Gasteiger partial charge in [0.05, 0.1) is 5.69 Å². The van der Waals surface area contributed by atoms with Gasteiger partial charge in [-0.15, -0.1) is 0 Å². The van der Waals surface area contributed by atoms with Crippen molar-refractivity contribution >= 4 is 17.4 Å². The Morgan fingerprint density at radius 2 is 1.70 bits per heavy atom. The number of halogens is 2. The molecule has 0 aliphatic heterocycles. The van der Waals surface area contributed by atoms with E-state index in [1.165, 1.54) is 17.2 Å². The van der Waals surface area contributed by atoms with Crippen molar-refractivity contribution in [1.29, 1.82) is 0 Å². The van der Waals surface area contributed by atoms with Crippen LogP contribution >= 0.6 is 0 Å². The van der Waals surface area contributed by atoms with Crippen molar-refractivity contribution in [2.24, 2.45) is 5.92 Å². The van der Waals surface area contributed by atoms with Gasteiger partial charge < -0.3 is 4.90 Å². The summed E-state index contributed by atoms with van der Waals surface area (Å²) in [6.07, 6.45) is 2.12. The maximum Gasteiger partial charge on any atom is 0.226 e. The van der Waals surface area contributed by atoms with E-state index in [4.69, 9.17) is 0 Å². The SMILES string of the molecule is CCC(=O)N(CC(C)C)c1ccc(-c2ccc(C(=O)CCc3cccnc3F)cc2)cc1F. The molecule has 0 radical (unpaired) electrons. The van der Waals surface area contributed by atoms with E-state index in [0.717, 1.165) is 5.56 Å². The van der Waals surface area contributed by atoms with Gasteiger partial charge in [-0.25, -0.2) is 9.37 Å². The fourth-order valence-corrected chi connectivity index (χ4v) is 3.64. The van der Waals surface area contributed by atoms with Crippen LogP contribution in [0, 0.1) is 17.7 Å². The Kier molecular flexibility index (Phi) is 8.04. The zero-order valence-electron chi connectivity index (χ0n) is 19.1. The maximum absolute atomic E-state index is 15.0. The lowest BCUT2D eigenvalue weighted by atomic mass is 9.99. The van der Waals surface area contributed by atoms with E-state index < -0.39 is 11.8 Å². The highest BCUT2D eigenvalue weighted by Gasteiger charge is 2.19. The third kappa shape index (κ3) is 6.09. The Balaban J connectivity index is 1.73. The third-order valence-corrected chi connectivity index (χ3v) is 5.39. The number of aromatic nitrogens is 1. The monoisotopic (exact) mass is 450 g/mol. The molecule has 0 N–H and O–H groups in total. The van der Waals surface area contributed by atoms with E-state index in [2.05, 4.69) is 4.98 Å². The van der Waals surface area contributed by atoms with Crippen LogP contribution in [-0.4, -0.2) is 23.2 Å². The normalized spacial score (nSPS) is 11.0. The second-order valence-electron chi connectivity index (χ2n) is 8.37. The molecule has 0 unspecified atom stereocenters. The molecule has 6 heteroatoms. The molecule has 0 saturated carbocycles. The number of hydrogen-bond donors (Lipinski definition) is 0. The molecule has 0 bridgehead atoms. The second-order valence-corrected chi connectivity index (χ2v) is 8.37. The average molecular weight is 451 g/mol. The summed E-state index contributed by atoms with van der Waals surface area (Å²) in [7, 11) is 0. The summed E-state index contributed by atoms with van der Waals surface area (Å²) in [5, 5.41) is 0. The maximum atomic E-state index is 15.0. The van der Waals surface area contributed by atoms with Crippen LogP contribution in [0.3, 0.4) is 0 Å². The van der Waals surface area contributed by atoms with E-state index in [1.807, 2.05) is 13.8 Å². The van der Waals surface area contributed by atoms with Gasteiger partial charge in [-0.2, -0.15) is 4.39 Å². The van der Waals surface area contributed by atoms with Crippen molar-refractivity contribution < 1.29 is 18.4 Å². The topological polar surface area (TPSA) is 50.3 Å². The molecule has 1 heterocycles. The van der Waals surface area contributed by atoms with Gasteiger partial charge in [0.1, 0.15) is 5.82 Å². The van der Waals surface area contributed by atoms with Gasteiger partial charge >= 0.3 is 0 Å². The average Bonchev–Trinajstić information content (AvgIpc) is 2.81. The first kappa shape index (κ1) is 24.2. The largest absolute Gasteiger partial charge is 0.309 e. The summed E-state index contributed by atoms with van der Waals surface area (Å²) in [5.74, 6) is -1.04. The number of benzene rings is 2. The van der Waals surface area contributed by atoms with Gasteiger partial charge in [-0.1, -0.05) is 57.2 Å². The van der Waals surface area contributed by atoms with Crippen LogP contribution in [0.15, 0.2) is 60.8 Å². The van der Waals surface area contributed by atoms with Crippen LogP contribution in [0.5, 0.6) is 0 Å². The van der Waals surface area contributed by atoms with Crippen LogP contribution in [0.25, 0.3) is 11.1 Å². The number of nitrogens with zero attached hydrogens (tertiary/aromatic N) is 2. The smallest absolute Gasteiger partial charge is 0.226 e. The molecule has 4 nitrogen and oxygen atoms in total. The molecule has 172 valence electrons. The highest BCUT2D eigenvalue weighted by Crippen LogP contribution is 2.28. The summed E-state index contributed by atoms with van der Waals surface area (Å²) < 4.78 is 28.6. The fraction of sp³-hybridized carbons (Fsp3) is 0.296. The van der Waals surface area contributed by atoms with Gasteiger partial charge in [0, 0.05) is 36.7 Å². The number of carbonyl (C=O) groups is 2. The molecule has 0 fully saturated rings. The number of rotatable bonds is 9. The van der Waals surface area contributed by atoms with Gasteiger partial charge in [0.25, 0.3) is 0 Å². The van der Waals surface area contributed by atoms with E-state index in [9.17, 15) is 18.4 Å². The van der Waals surface area contributed by atoms with Crippen LogP contribution < -0.4 is 4.90 Å². The number of carbonyl (C=O) groups excluding carboxylic acids is 2. The van der Waals surface area contributed by atoms with Crippen molar-refractivity contribution in [1.82, 2.24) is 4.98 Å². The zero-order valence-corrected chi connectivity index (χ0v) is 19.1. The molecule has 1 aromatic heterocycles. The van der Waals surface area contributed by atoms with E-state index in [0.29, 0.717) is 29.7 Å². The lowest BCUT2D eigenvalue weighted by Gasteiger charge is -2.25. The Morgan fingerprint density at radius 1 is 1.00 bits per heavy atom. The number of anilines is 1. The standard InChI is InChI=1S/C27H28F2N2O2/c1-4-26(33)31(17-18(2)3)24-13-11-22(16-23(24)28)19-7-9-20(10-8-19)25(32)14-12-21-6-5-15-30-27(21)29/h5-11,13,15-16,18H,4,12,14,17H2,1-3H3. The van der Waals surface area contributed by atoms with Crippen molar-refractivity contribution in [2.45, 2.75) is 40.0 Å². The minimum Gasteiger partial charge on any atom is -0.309 e. The Morgan fingerprint density at radius 3 is 2.30 bits per heavy atom. The van der Waals surface area contributed by atoms with Crippen LogP contribution in [0.2, 0.25) is 0 Å². The van der Waals surface area contributed by atoms with Crippen molar-refractivity contribution in [2.75, 3.05) is 11.4 Å². The van der Waals surface area contributed by atoms with Crippen LogP contribution in [0.1, 0.15) is 49.5 Å². The Labute approximate surface area is 193 Å². The molecular formula is C27H28F2N2O2. The molecule has 0 aliphatic carbocycles. The summed E-state index contributed by atoms with van der Waals surface area (Å²) in [6.45, 7) is 6.18. The number of Topliss-reactive ketones (excluding diaryl/α,β-unsaturated/α-hetero) is 1. The lowest BCUT2D eigenvalue weighted by Crippen LogP contribution is -2.34. The third-order valence-electron chi connectivity index (χ3n) is 5.39. The number of aryl methyl sites for hydroxylation is 1. The second kappa shape index (κ2) is 10.9. The highest BCUT2D eigenvalue weighted by molar-refractivity contribution is 5.96. The quantitative estimate of drug-likeness (QED) is 0.286. The summed E-state index contributed by atoms with van der Waals surface area (Å²) in [4.78, 5) is 29.9. The zero-order chi connectivity index (χ0) is 24.0. The fourth-order valence-electron chi connectivity index (χ4n) is 3.64. The predicted molar refractivity (Wildman–Crippen MR) is 126 cm³/mol. The van der Waals surface area contributed by atoms with Crippen molar-refractivity contribution in [3.05, 3.63) is 83.7 Å². The molecule has 1 amide bonds. The van der Waals surface area contributed by atoms with Gasteiger partial charge in [0.15, 0.2) is 5.78 Å². The molecular weight excluding hydrogens is 422 g/mol. The number of amides is 1. The van der Waals surface area contributed by atoms with Crippen molar-refractivity contribution in [3.8, 4) is 11.1 Å². The molecule has 0 atom stereocenters. The summed E-state index contributed by atoms with van der Waals surface area (Å²) in [6, 6.07) is 15.0. The summed E-state index contributed by atoms with van der Waals surface area (Å²) in [5.41, 5.74) is 2.60. The van der Waals surface area contributed by atoms with Gasteiger partial charge in [-0.05, 0) is 41.7 Å². The number of ketones is 1. The first-order valence-corrected chi connectivity index (χ1v) is 11.1. The van der Waals surface area contributed by atoms with Crippen molar-refractivity contribution in [3.63, 3.8) is 0 Å². The summed E-state index contributed by atoms with van der Waals surface area (Å²) >= 11 is 0. The molecule has 3 aromatic rings. The molecule has 0 spiro atoms. The first-order valence-electron chi connectivity index (χ1n) is 11.1. The van der Waals surface area contributed by atoms with Crippen LogP contribution in [-0.2, 0) is 11.2 Å². The molecule has 3 rings (SSSR count). The molecule has 0 aliphatic rings. The molecule has 2 aromatic carbocycles. The molecule has 33 heavy (non-hydrogen) atoms. The van der Waals surface area contributed by atoms with E-state index in [-0.39, 0.29) is 36.1 Å². The Hall–Kier alpha value is -3.41. The highest BCUT2D eigenvalue weighted by atomic mass is 19.1. The van der Waals surface area contributed by atoms with E-state index >= 15 is 0 Å². The minimum atomic E-state index is -0.557. The predicted octanol–water partition coefficient (Wildman–Crippen LogP) is 6.24. The Bertz CT molecular complexity index is 1130. The minimum absolute atomic E-state index is 0.103. The van der Waals surface area contributed by atoms with E-state index in [1.54, 1.807) is 55.5 Å². The number of hydrogen-bond acceptors (Lipinski definition) is 3.